The molecule has 2 unspecified atom stereocenters. The molecule has 1 saturated carbocycles. The van der Waals surface area contributed by atoms with Crippen LogP contribution in [0.4, 0.5) is 0 Å². The standard InChI is InChI=1S/C20H23N3O3/c1-26-16-7-5-14(6-8-16)9-11-22-19(24)17-12-18(17)20(25)23-13-15-4-2-3-10-21-15/h2-8,10,17-18H,9,11-13H2,1H3,(H,22,24)(H,23,25). The number of aromatic nitrogens is 1. The van der Waals surface area contributed by atoms with Gasteiger partial charge in [-0.15, -0.1) is 0 Å². The molecule has 1 aromatic heterocycles. The highest BCUT2D eigenvalue weighted by molar-refractivity contribution is 5.92. The number of pyridine rings is 1. The molecule has 26 heavy (non-hydrogen) atoms. The van der Waals surface area contributed by atoms with Crippen molar-refractivity contribution in [3.05, 3.63) is 59.9 Å². The van der Waals surface area contributed by atoms with Crippen molar-refractivity contribution in [2.75, 3.05) is 13.7 Å². The number of nitrogens with zero attached hydrogens (tertiary/aromatic N) is 1. The first-order valence-corrected chi connectivity index (χ1v) is 8.75. The number of benzene rings is 1. The van der Waals surface area contributed by atoms with Crippen LogP contribution in [0.25, 0.3) is 0 Å². The van der Waals surface area contributed by atoms with Gasteiger partial charge >= 0.3 is 0 Å². The monoisotopic (exact) mass is 353 g/mol. The molecule has 1 aliphatic carbocycles. The molecule has 0 aliphatic heterocycles. The summed E-state index contributed by atoms with van der Waals surface area (Å²) in [5, 5.41) is 5.76. The lowest BCUT2D eigenvalue weighted by Crippen LogP contribution is -2.31. The molecule has 6 heteroatoms. The van der Waals surface area contributed by atoms with Crippen molar-refractivity contribution in [3.63, 3.8) is 0 Å². The van der Waals surface area contributed by atoms with E-state index in [1.807, 2.05) is 42.5 Å². The zero-order valence-corrected chi connectivity index (χ0v) is 14.8. The molecule has 2 atom stereocenters. The average molecular weight is 353 g/mol. The van der Waals surface area contributed by atoms with Crippen molar-refractivity contribution in [2.45, 2.75) is 19.4 Å². The molecule has 3 rings (SSSR count). The molecule has 0 spiro atoms. The van der Waals surface area contributed by atoms with Crippen molar-refractivity contribution in [3.8, 4) is 5.75 Å². The van der Waals surface area contributed by atoms with Crippen molar-refractivity contribution in [1.29, 1.82) is 0 Å². The van der Waals surface area contributed by atoms with Crippen LogP contribution < -0.4 is 15.4 Å². The van der Waals surface area contributed by atoms with E-state index in [2.05, 4.69) is 15.6 Å². The van der Waals surface area contributed by atoms with Gasteiger partial charge in [-0.1, -0.05) is 18.2 Å². The van der Waals surface area contributed by atoms with E-state index in [0.29, 0.717) is 19.5 Å². The van der Waals surface area contributed by atoms with Crippen LogP contribution in [0.3, 0.4) is 0 Å². The number of hydrogen-bond acceptors (Lipinski definition) is 4. The largest absolute Gasteiger partial charge is 0.497 e. The topological polar surface area (TPSA) is 80.3 Å². The van der Waals surface area contributed by atoms with E-state index >= 15 is 0 Å². The predicted octanol–water partition coefficient (Wildman–Crippen LogP) is 1.70. The van der Waals surface area contributed by atoms with Crippen molar-refractivity contribution in [1.82, 2.24) is 15.6 Å². The first kappa shape index (κ1) is 17.9. The van der Waals surface area contributed by atoms with Gasteiger partial charge in [0.1, 0.15) is 5.75 Å². The Morgan fingerprint density at radius 2 is 1.81 bits per heavy atom. The van der Waals surface area contributed by atoms with Crippen LogP contribution in [-0.2, 0) is 22.6 Å². The van der Waals surface area contributed by atoms with Gasteiger partial charge in [-0.05, 0) is 42.7 Å². The van der Waals surface area contributed by atoms with E-state index in [9.17, 15) is 9.59 Å². The van der Waals surface area contributed by atoms with Crippen LogP contribution in [0, 0.1) is 11.8 Å². The maximum Gasteiger partial charge on any atom is 0.224 e. The molecule has 1 aliphatic rings. The van der Waals surface area contributed by atoms with E-state index in [0.717, 1.165) is 23.4 Å². The van der Waals surface area contributed by atoms with E-state index in [-0.39, 0.29) is 23.7 Å². The number of nitrogens with one attached hydrogen (secondary N) is 2. The van der Waals surface area contributed by atoms with Crippen molar-refractivity contribution < 1.29 is 14.3 Å². The molecule has 1 aromatic carbocycles. The number of rotatable bonds is 8. The van der Waals surface area contributed by atoms with E-state index in [1.54, 1.807) is 13.3 Å². The van der Waals surface area contributed by atoms with Crippen LogP contribution in [0.5, 0.6) is 5.75 Å². The summed E-state index contributed by atoms with van der Waals surface area (Å²) in [5.74, 6) is 0.257. The fraction of sp³-hybridized carbons (Fsp3) is 0.350. The minimum absolute atomic E-state index is 0.0449. The smallest absolute Gasteiger partial charge is 0.224 e. The first-order chi connectivity index (χ1) is 12.7. The molecular weight excluding hydrogens is 330 g/mol. The number of hydrogen-bond donors (Lipinski definition) is 2. The molecule has 0 radical (unpaired) electrons. The molecule has 1 heterocycles. The summed E-state index contributed by atoms with van der Waals surface area (Å²) in [6, 6.07) is 13.3. The Kier molecular flexibility index (Phi) is 5.84. The molecule has 1 fully saturated rings. The molecule has 0 bridgehead atoms. The fourth-order valence-corrected chi connectivity index (χ4v) is 2.84. The summed E-state index contributed by atoms with van der Waals surface area (Å²) in [7, 11) is 1.63. The second-order valence-corrected chi connectivity index (χ2v) is 6.38. The van der Waals surface area contributed by atoms with Crippen LogP contribution in [-0.4, -0.2) is 30.5 Å². The summed E-state index contributed by atoms with van der Waals surface area (Å²) >= 11 is 0. The second-order valence-electron chi connectivity index (χ2n) is 6.38. The predicted molar refractivity (Wildman–Crippen MR) is 97.4 cm³/mol. The summed E-state index contributed by atoms with van der Waals surface area (Å²) in [4.78, 5) is 28.4. The Labute approximate surface area is 153 Å². The quantitative estimate of drug-likeness (QED) is 0.757. The third kappa shape index (κ3) is 4.81. The van der Waals surface area contributed by atoms with E-state index in [4.69, 9.17) is 4.74 Å². The molecule has 2 aromatic rings. The molecule has 6 nitrogen and oxygen atoms in total. The van der Waals surface area contributed by atoms with Gasteiger partial charge in [-0.25, -0.2) is 0 Å². The van der Waals surface area contributed by atoms with Crippen LogP contribution in [0.2, 0.25) is 0 Å². The van der Waals surface area contributed by atoms with Gasteiger partial charge in [0.15, 0.2) is 0 Å². The zero-order chi connectivity index (χ0) is 18.4. The van der Waals surface area contributed by atoms with Crippen molar-refractivity contribution in [2.24, 2.45) is 11.8 Å². The number of ether oxygens (including phenoxy) is 1. The lowest BCUT2D eigenvalue weighted by molar-refractivity contribution is -0.127. The van der Waals surface area contributed by atoms with E-state index in [1.165, 1.54) is 0 Å². The maximum absolute atomic E-state index is 12.2. The Bertz CT molecular complexity index is 747. The van der Waals surface area contributed by atoms with Crippen LogP contribution in [0.15, 0.2) is 48.7 Å². The van der Waals surface area contributed by atoms with Gasteiger partial charge in [0.25, 0.3) is 0 Å². The molecule has 2 N–H and O–H groups in total. The Balaban J connectivity index is 1.36. The third-order valence-corrected chi connectivity index (χ3v) is 4.51. The average Bonchev–Trinajstić information content (AvgIpc) is 3.48. The minimum Gasteiger partial charge on any atom is -0.497 e. The van der Waals surface area contributed by atoms with Crippen LogP contribution in [0.1, 0.15) is 17.7 Å². The summed E-state index contributed by atoms with van der Waals surface area (Å²) in [6.45, 7) is 0.950. The summed E-state index contributed by atoms with van der Waals surface area (Å²) in [5.41, 5.74) is 1.94. The second kappa shape index (κ2) is 8.47. The Hall–Kier alpha value is -2.89. The maximum atomic E-state index is 12.2. The minimum atomic E-state index is -0.223. The molecule has 136 valence electrons. The van der Waals surface area contributed by atoms with Gasteiger partial charge in [0, 0.05) is 12.7 Å². The van der Waals surface area contributed by atoms with Crippen LogP contribution >= 0.6 is 0 Å². The molecular formula is C20H23N3O3. The number of methoxy groups -OCH3 is 1. The van der Waals surface area contributed by atoms with Gasteiger partial charge in [0.05, 0.1) is 31.2 Å². The highest BCUT2D eigenvalue weighted by Gasteiger charge is 2.47. The number of amides is 2. The highest BCUT2D eigenvalue weighted by atomic mass is 16.5. The normalized spacial score (nSPS) is 18.0. The van der Waals surface area contributed by atoms with Gasteiger partial charge in [0.2, 0.25) is 11.8 Å². The number of carbonyl (C=O) groups excluding carboxylic acids is 2. The highest BCUT2D eigenvalue weighted by Crippen LogP contribution is 2.38. The van der Waals surface area contributed by atoms with E-state index < -0.39 is 0 Å². The van der Waals surface area contributed by atoms with Gasteiger partial charge in [-0.2, -0.15) is 0 Å². The van der Waals surface area contributed by atoms with Gasteiger partial charge in [-0.3, -0.25) is 14.6 Å². The first-order valence-electron chi connectivity index (χ1n) is 8.75. The SMILES string of the molecule is COc1ccc(CCNC(=O)C2CC2C(=O)NCc2ccccn2)cc1. The third-order valence-electron chi connectivity index (χ3n) is 4.51. The fourth-order valence-electron chi connectivity index (χ4n) is 2.84. The molecule has 0 saturated heterocycles. The number of carbonyl (C=O) groups is 2. The summed E-state index contributed by atoms with van der Waals surface area (Å²) < 4.78 is 5.12. The Morgan fingerprint density at radius 1 is 1.08 bits per heavy atom. The van der Waals surface area contributed by atoms with Gasteiger partial charge < -0.3 is 15.4 Å². The van der Waals surface area contributed by atoms with Crippen molar-refractivity contribution >= 4 is 11.8 Å². The lowest BCUT2D eigenvalue weighted by Gasteiger charge is -2.07. The molecule has 2 amide bonds. The summed E-state index contributed by atoms with van der Waals surface area (Å²) in [6.07, 6.45) is 3.05. The Morgan fingerprint density at radius 3 is 2.46 bits per heavy atom. The lowest BCUT2D eigenvalue weighted by atomic mass is 10.1. The zero-order valence-electron chi connectivity index (χ0n) is 14.8.